The highest BCUT2D eigenvalue weighted by Gasteiger charge is 2.24. The average molecular weight is 276 g/mol. The molecule has 0 aromatic rings. The highest BCUT2D eigenvalue weighted by Crippen LogP contribution is 1.95. The van der Waals surface area contributed by atoms with Gasteiger partial charge >= 0.3 is 17.9 Å². The molecule has 19 heavy (non-hydrogen) atoms. The summed E-state index contributed by atoms with van der Waals surface area (Å²) >= 11 is 0. The summed E-state index contributed by atoms with van der Waals surface area (Å²) < 4.78 is 0. The minimum absolute atomic E-state index is 0.0975. The van der Waals surface area contributed by atoms with Crippen molar-refractivity contribution in [2.24, 2.45) is 0 Å². The molecule has 0 aromatic carbocycles. The lowest BCUT2D eigenvalue weighted by Crippen LogP contribution is -2.46. The number of unbranched alkanes of at least 4 members (excludes halogenated alkanes) is 1. The van der Waals surface area contributed by atoms with Crippen molar-refractivity contribution in [2.45, 2.75) is 25.8 Å². The first-order valence-electron chi connectivity index (χ1n) is 6.01. The van der Waals surface area contributed by atoms with E-state index in [-0.39, 0.29) is 19.6 Å². The summed E-state index contributed by atoms with van der Waals surface area (Å²) in [6, 6.07) is -1.67. The second-order valence-electron chi connectivity index (χ2n) is 4.09. The fraction of sp³-hybridized carbons (Fsp3) is 0.727. The molecule has 0 aromatic heterocycles. The zero-order chi connectivity index (χ0) is 14.8. The Hall–Kier alpha value is -1.67. The van der Waals surface area contributed by atoms with Crippen molar-refractivity contribution < 1.29 is 29.7 Å². The molecule has 0 spiro atoms. The van der Waals surface area contributed by atoms with Crippen molar-refractivity contribution in [3.63, 3.8) is 0 Å². The Balaban J connectivity index is 4.18. The van der Waals surface area contributed by atoms with Crippen LogP contribution in [0.4, 0.5) is 0 Å². The van der Waals surface area contributed by atoms with E-state index in [0.29, 0.717) is 6.54 Å². The van der Waals surface area contributed by atoms with Crippen LogP contribution in [0.1, 0.15) is 19.8 Å². The number of carbonyl (C=O) groups is 3. The molecule has 0 saturated heterocycles. The molecule has 0 saturated carbocycles. The van der Waals surface area contributed by atoms with E-state index in [9.17, 15) is 14.4 Å². The maximum absolute atomic E-state index is 10.6. The monoisotopic (exact) mass is 276 g/mol. The van der Waals surface area contributed by atoms with E-state index in [1.54, 1.807) is 4.90 Å². The summed E-state index contributed by atoms with van der Waals surface area (Å²) in [6.45, 7) is 2.79. The number of rotatable bonds is 11. The molecule has 0 fully saturated rings. The van der Waals surface area contributed by atoms with Gasteiger partial charge < -0.3 is 15.3 Å². The molecule has 0 aliphatic carbocycles. The van der Waals surface area contributed by atoms with Crippen LogP contribution in [0, 0.1) is 0 Å². The van der Waals surface area contributed by atoms with Crippen LogP contribution in [0.15, 0.2) is 0 Å². The first kappa shape index (κ1) is 17.3. The van der Waals surface area contributed by atoms with Gasteiger partial charge in [0, 0.05) is 13.1 Å². The largest absolute Gasteiger partial charge is 0.480 e. The van der Waals surface area contributed by atoms with Crippen LogP contribution in [-0.2, 0) is 14.4 Å². The zero-order valence-corrected chi connectivity index (χ0v) is 10.8. The SMILES string of the molecule is CCCCN(CCNC(C(=O)O)C(=O)O)CC(=O)O. The van der Waals surface area contributed by atoms with Crippen molar-refractivity contribution in [1.82, 2.24) is 10.2 Å². The van der Waals surface area contributed by atoms with Gasteiger partial charge in [0.05, 0.1) is 6.54 Å². The second kappa shape index (κ2) is 9.29. The number of nitrogens with one attached hydrogen (secondary N) is 1. The maximum atomic E-state index is 10.6. The first-order valence-corrected chi connectivity index (χ1v) is 6.01. The van der Waals surface area contributed by atoms with Gasteiger partial charge in [-0.05, 0) is 13.0 Å². The molecule has 0 radical (unpaired) electrons. The number of nitrogens with zero attached hydrogens (tertiary/aromatic N) is 1. The lowest BCUT2D eigenvalue weighted by atomic mass is 10.3. The van der Waals surface area contributed by atoms with Gasteiger partial charge in [0.2, 0.25) is 6.04 Å². The molecule has 8 nitrogen and oxygen atoms in total. The fourth-order valence-electron chi connectivity index (χ4n) is 1.49. The van der Waals surface area contributed by atoms with Crippen molar-refractivity contribution in [2.75, 3.05) is 26.2 Å². The van der Waals surface area contributed by atoms with Crippen LogP contribution in [0.2, 0.25) is 0 Å². The molecular formula is C11H20N2O6. The van der Waals surface area contributed by atoms with Crippen molar-refractivity contribution in [3.8, 4) is 0 Å². The van der Waals surface area contributed by atoms with Crippen LogP contribution >= 0.6 is 0 Å². The third-order valence-corrected chi connectivity index (χ3v) is 2.46. The van der Waals surface area contributed by atoms with Crippen LogP contribution < -0.4 is 5.32 Å². The molecule has 0 aliphatic rings. The van der Waals surface area contributed by atoms with Gasteiger partial charge in [-0.3, -0.25) is 15.0 Å². The summed E-state index contributed by atoms with van der Waals surface area (Å²) in [7, 11) is 0. The van der Waals surface area contributed by atoms with E-state index in [1.807, 2.05) is 6.92 Å². The predicted octanol–water partition coefficient (Wildman–Crippen LogP) is -0.699. The topological polar surface area (TPSA) is 127 Å². The average Bonchev–Trinajstić information content (AvgIpc) is 2.29. The van der Waals surface area contributed by atoms with E-state index in [2.05, 4.69) is 5.32 Å². The van der Waals surface area contributed by atoms with Gasteiger partial charge in [0.1, 0.15) is 0 Å². The van der Waals surface area contributed by atoms with Gasteiger partial charge in [-0.15, -0.1) is 0 Å². The van der Waals surface area contributed by atoms with Crippen molar-refractivity contribution in [1.29, 1.82) is 0 Å². The van der Waals surface area contributed by atoms with Crippen LogP contribution in [-0.4, -0.2) is 70.3 Å². The third-order valence-electron chi connectivity index (χ3n) is 2.46. The number of aliphatic carboxylic acids is 3. The van der Waals surface area contributed by atoms with Crippen LogP contribution in [0.5, 0.6) is 0 Å². The Morgan fingerprint density at radius 1 is 1.11 bits per heavy atom. The van der Waals surface area contributed by atoms with Gasteiger partial charge in [0.25, 0.3) is 0 Å². The Bertz CT molecular complexity index is 306. The van der Waals surface area contributed by atoms with Crippen molar-refractivity contribution in [3.05, 3.63) is 0 Å². The number of hydrogen-bond donors (Lipinski definition) is 4. The van der Waals surface area contributed by atoms with Gasteiger partial charge in [-0.25, -0.2) is 9.59 Å². The highest BCUT2D eigenvalue weighted by atomic mass is 16.4. The normalized spacial score (nSPS) is 10.9. The minimum atomic E-state index is -1.67. The predicted molar refractivity (Wildman–Crippen MR) is 66.0 cm³/mol. The lowest BCUT2D eigenvalue weighted by molar-refractivity contribution is -0.151. The van der Waals surface area contributed by atoms with Gasteiger partial charge in [0.15, 0.2) is 0 Å². The molecule has 4 N–H and O–H groups in total. The molecule has 8 heteroatoms. The molecule has 0 rings (SSSR count). The van der Waals surface area contributed by atoms with Gasteiger partial charge in [-0.2, -0.15) is 0 Å². The highest BCUT2D eigenvalue weighted by molar-refractivity contribution is 5.97. The summed E-state index contributed by atoms with van der Waals surface area (Å²) in [5, 5.41) is 28.4. The fourth-order valence-corrected chi connectivity index (χ4v) is 1.49. The smallest absolute Gasteiger partial charge is 0.332 e. The summed E-state index contributed by atoms with van der Waals surface area (Å²) in [6.07, 6.45) is 1.74. The Kier molecular flexibility index (Phi) is 8.47. The molecular weight excluding hydrogens is 256 g/mol. The maximum Gasteiger partial charge on any atom is 0.332 e. The molecule has 0 amide bonds. The van der Waals surface area contributed by atoms with E-state index >= 15 is 0 Å². The van der Waals surface area contributed by atoms with E-state index < -0.39 is 23.9 Å². The molecule has 0 heterocycles. The van der Waals surface area contributed by atoms with Crippen molar-refractivity contribution >= 4 is 17.9 Å². The Morgan fingerprint density at radius 3 is 2.11 bits per heavy atom. The third kappa shape index (κ3) is 8.11. The van der Waals surface area contributed by atoms with E-state index in [4.69, 9.17) is 15.3 Å². The van der Waals surface area contributed by atoms with E-state index in [0.717, 1.165) is 12.8 Å². The molecule has 0 atom stereocenters. The van der Waals surface area contributed by atoms with Crippen LogP contribution in [0.25, 0.3) is 0 Å². The minimum Gasteiger partial charge on any atom is -0.480 e. The van der Waals surface area contributed by atoms with Gasteiger partial charge in [-0.1, -0.05) is 13.3 Å². The summed E-state index contributed by atoms with van der Waals surface area (Å²) in [5.74, 6) is -3.90. The standard InChI is InChI=1S/C11H20N2O6/c1-2-3-5-13(7-8(14)15)6-4-12-9(10(16)17)11(18)19/h9,12H,2-7H2,1H3,(H,14,15)(H,16,17)(H,18,19). The number of hydrogen-bond acceptors (Lipinski definition) is 5. The first-order chi connectivity index (χ1) is 8.88. The molecule has 0 unspecified atom stereocenters. The molecule has 0 bridgehead atoms. The summed E-state index contributed by atoms with van der Waals surface area (Å²) in [5.41, 5.74) is 0. The molecule has 0 aliphatic heterocycles. The second-order valence-corrected chi connectivity index (χ2v) is 4.09. The quantitative estimate of drug-likeness (QED) is 0.365. The zero-order valence-electron chi connectivity index (χ0n) is 10.8. The van der Waals surface area contributed by atoms with E-state index in [1.165, 1.54) is 0 Å². The Labute approximate surface area is 111 Å². The Morgan fingerprint density at radius 2 is 1.68 bits per heavy atom. The number of carboxylic acids is 3. The number of carboxylic acid groups (broad SMARTS) is 3. The van der Waals surface area contributed by atoms with Crippen LogP contribution in [0.3, 0.4) is 0 Å². The lowest BCUT2D eigenvalue weighted by Gasteiger charge is -2.20. The summed E-state index contributed by atoms with van der Waals surface area (Å²) in [4.78, 5) is 33.5. The molecule has 110 valence electrons.